The van der Waals surface area contributed by atoms with Crippen molar-refractivity contribution in [1.82, 2.24) is 0 Å². The lowest BCUT2D eigenvalue weighted by molar-refractivity contribution is 0.0696. The predicted molar refractivity (Wildman–Crippen MR) is 58.3 cm³/mol. The largest absolute Gasteiger partial charge is 0.493 e. The number of ether oxygens (including phenoxy) is 2. The molecule has 84 valence electrons. The molecule has 0 aliphatic carbocycles. The third-order valence-electron chi connectivity index (χ3n) is 2.43. The first-order chi connectivity index (χ1) is 7.72. The van der Waals surface area contributed by atoms with E-state index in [0.29, 0.717) is 24.5 Å². The van der Waals surface area contributed by atoms with Gasteiger partial charge in [-0.3, -0.25) is 0 Å². The molecule has 0 atom stereocenters. The molecule has 1 aliphatic rings. The van der Waals surface area contributed by atoms with Gasteiger partial charge in [-0.05, 0) is 18.6 Å². The summed E-state index contributed by atoms with van der Waals surface area (Å²) < 4.78 is 10.6. The summed E-state index contributed by atoms with van der Waals surface area (Å²) in [5, 5.41) is 8.96. The molecule has 1 aliphatic heterocycles. The number of hydrogen-bond acceptors (Lipinski definition) is 3. The van der Waals surface area contributed by atoms with Gasteiger partial charge in [-0.1, -0.05) is 12.2 Å². The second kappa shape index (κ2) is 4.26. The van der Waals surface area contributed by atoms with Crippen molar-refractivity contribution in [3.63, 3.8) is 0 Å². The van der Waals surface area contributed by atoms with Gasteiger partial charge in [0.25, 0.3) is 0 Å². The number of rotatable bonds is 2. The van der Waals surface area contributed by atoms with E-state index >= 15 is 0 Å². The fourth-order valence-electron chi connectivity index (χ4n) is 1.66. The van der Waals surface area contributed by atoms with Crippen LogP contribution in [-0.4, -0.2) is 24.8 Å². The van der Waals surface area contributed by atoms with E-state index in [9.17, 15) is 4.79 Å². The van der Waals surface area contributed by atoms with E-state index < -0.39 is 5.97 Å². The van der Waals surface area contributed by atoms with Crippen molar-refractivity contribution in [2.45, 2.75) is 6.42 Å². The highest BCUT2D eigenvalue weighted by Crippen LogP contribution is 2.34. The Labute approximate surface area is 93.1 Å². The van der Waals surface area contributed by atoms with Crippen LogP contribution >= 0.6 is 0 Å². The highest BCUT2D eigenvalue weighted by atomic mass is 16.5. The van der Waals surface area contributed by atoms with Gasteiger partial charge in [-0.25, -0.2) is 4.79 Å². The molecular weight excluding hydrogens is 208 g/mol. The molecule has 1 aromatic carbocycles. The first-order valence-corrected chi connectivity index (χ1v) is 4.94. The number of carbonyl (C=O) groups is 1. The van der Waals surface area contributed by atoms with Crippen LogP contribution in [-0.2, 0) is 6.42 Å². The maximum absolute atomic E-state index is 10.9. The third-order valence-corrected chi connectivity index (χ3v) is 2.43. The number of carboxylic acids is 1. The van der Waals surface area contributed by atoms with E-state index in [4.69, 9.17) is 14.6 Å². The van der Waals surface area contributed by atoms with Crippen molar-refractivity contribution >= 4 is 5.97 Å². The summed E-state index contributed by atoms with van der Waals surface area (Å²) in [7, 11) is 1.50. The van der Waals surface area contributed by atoms with Crippen molar-refractivity contribution in [2.24, 2.45) is 0 Å². The molecule has 0 spiro atoms. The molecule has 0 unspecified atom stereocenters. The van der Waals surface area contributed by atoms with Crippen LogP contribution in [0, 0.1) is 0 Å². The molecule has 1 aromatic rings. The van der Waals surface area contributed by atoms with E-state index in [2.05, 4.69) is 0 Å². The first kappa shape index (κ1) is 10.5. The molecule has 1 N–H and O–H groups in total. The molecule has 0 aromatic heterocycles. The molecule has 0 saturated heterocycles. The first-order valence-electron chi connectivity index (χ1n) is 4.94. The number of fused-ring (bicyclic) bond motifs is 1. The molecule has 0 fully saturated rings. The molecule has 0 bridgehead atoms. The predicted octanol–water partition coefficient (Wildman–Crippen LogP) is 1.88. The highest BCUT2D eigenvalue weighted by molar-refractivity contribution is 5.89. The Morgan fingerprint density at radius 1 is 1.44 bits per heavy atom. The second-order valence-corrected chi connectivity index (χ2v) is 3.46. The van der Waals surface area contributed by atoms with Crippen molar-refractivity contribution in [2.75, 3.05) is 13.7 Å². The molecule has 0 saturated carbocycles. The number of aromatic carboxylic acids is 1. The summed E-state index contributed by atoms with van der Waals surface area (Å²) in [6.45, 7) is 0.482. The van der Waals surface area contributed by atoms with Gasteiger partial charge in [0.05, 0.1) is 12.7 Å². The average Bonchev–Trinajstić information content (AvgIpc) is 2.52. The van der Waals surface area contributed by atoms with Crippen molar-refractivity contribution < 1.29 is 19.4 Å². The minimum Gasteiger partial charge on any atom is -0.493 e. The molecular formula is C12H12O4. The molecule has 0 amide bonds. The van der Waals surface area contributed by atoms with Crippen LogP contribution in [0.15, 0.2) is 24.3 Å². The van der Waals surface area contributed by atoms with Crippen LogP contribution in [0.3, 0.4) is 0 Å². The maximum Gasteiger partial charge on any atom is 0.335 e. The van der Waals surface area contributed by atoms with Gasteiger partial charge in [-0.15, -0.1) is 0 Å². The number of methoxy groups -OCH3 is 1. The zero-order valence-electron chi connectivity index (χ0n) is 8.90. The standard InChI is InChI=1S/C12H12O4/c1-15-10-7-9(12(13)14)6-8-4-2-3-5-16-11(8)10/h2-3,6-7H,4-5H2,1H3,(H,13,14). The normalized spacial score (nSPS) is 13.6. The van der Waals surface area contributed by atoms with E-state index in [-0.39, 0.29) is 5.56 Å². The zero-order valence-corrected chi connectivity index (χ0v) is 8.90. The van der Waals surface area contributed by atoms with E-state index in [1.165, 1.54) is 13.2 Å². The van der Waals surface area contributed by atoms with Gasteiger partial charge in [-0.2, -0.15) is 0 Å². The summed E-state index contributed by atoms with van der Waals surface area (Å²) in [6, 6.07) is 3.10. The van der Waals surface area contributed by atoms with Crippen LogP contribution in [0.1, 0.15) is 15.9 Å². The Kier molecular flexibility index (Phi) is 2.81. The molecule has 1 heterocycles. The van der Waals surface area contributed by atoms with Gasteiger partial charge in [0.15, 0.2) is 11.5 Å². The fourth-order valence-corrected chi connectivity index (χ4v) is 1.66. The van der Waals surface area contributed by atoms with Gasteiger partial charge in [0, 0.05) is 5.56 Å². The van der Waals surface area contributed by atoms with Crippen molar-refractivity contribution in [3.05, 3.63) is 35.4 Å². The summed E-state index contributed by atoms with van der Waals surface area (Å²) in [5.74, 6) is 0.144. The Morgan fingerprint density at radius 3 is 2.94 bits per heavy atom. The summed E-state index contributed by atoms with van der Waals surface area (Å²) in [5.41, 5.74) is 1.06. The average molecular weight is 220 g/mol. The molecule has 0 radical (unpaired) electrons. The minimum atomic E-state index is -0.964. The van der Waals surface area contributed by atoms with Crippen LogP contribution in [0.4, 0.5) is 0 Å². The summed E-state index contributed by atoms with van der Waals surface area (Å²) >= 11 is 0. The van der Waals surface area contributed by atoms with Crippen LogP contribution in [0.2, 0.25) is 0 Å². The van der Waals surface area contributed by atoms with Gasteiger partial charge in [0.1, 0.15) is 6.61 Å². The Hall–Kier alpha value is -1.97. The van der Waals surface area contributed by atoms with Gasteiger partial charge in [0.2, 0.25) is 0 Å². The van der Waals surface area contributed by atoms with Crippen LogP contribution in [0.25, 0.3) is 0 Å². The Balaban J connectivity index is 2.54. The van der Waals surface area contributed by atoms with E-state index in [0.717, 1.165) is 5.56 Å². The van der Waals surface area contributed by atoms with E-state index in [1.807, 2.05) is 12.2 Å². The number of carboxylic acid groups (broad SMARTS) is 1. The molecule has 4 heteroatoms. The molecule has 2 rings (SSSR count). The van der Waals surface area contributed by atoms with Gasteiger partial charge < -0.3 is 14.6 Å². The van der Waals surface area contributed by atoms with Crippen LogP contribution in [0.5, 0.6) is 11.5 Å². The lowest BCUT2D eigenvalue weighted by Gasteiger charge is -2.12. The quantitative estimate of drug-likeness (QED) is 0.773. The number of allylic oxidation sites excluding steroid dienone is 1. The number of hydrogen-bond donors (Lipinski definition) is 1. The van der Waals surface area contributed by atoms with Gasteiger partial charge >= 0.3 is 5.97 Å². The second-order valence-electron chi connectivity index (χ2n) is 3.46. The lowest BCUT2D eigenvalue weighted by Crippen LogP contribution is -2.02. The molecule has 4 nitrogen and oxygen atoms in total. The summed E-state index contributed by atoms with van der Waals surface area (Å²) in [6.07, 6.45) is 4.52. The Morgan fingerprint density at radius 2 is 2.25 bits per heavy atom. The SMILES string of the molecule is COc1cc(C(=O)O)cc2c1OCC=CC2. The third kappa shape index (κ3) is 1.86. The lowest BCUT2D eigenvalue weighted by atomic mass is 10.1. The molecule has 16 heavy (non-hydrogen) atoms. The Bertz CT molecular complexity index is 449. The van der Waals surface area contributed by atoms with Crippen molar-refractivity contribution in [3.8, 4) is 11.5 Å². The van der Waals surface area contributed by atoms with Crippen molar-refractivity contribution in [1.29, 1.82) is 0 Å². The van der Waals surface area contributed by atoms with Crippen LogP contribution < -0.4 is 9.47 Å². The topological polar surface area (TPSA) is 55.8 Å². The van der Waals surface area contributed by atoms with E-state index in [1.54, 1.807) is 6.07 Å². The zero-order chi connectivity index (χ0) is 11.5. The minimum absolute atomic E-state index is 0.217. The monoisotopic (exact) mass is 220 g/mol. The highest BCUT2D eigenvalue weighted by Gasteiger charge is 2.16. The number of benzene rings is 1. The smallest absolute Gasteiger partial charge is 0.335 e. The summed E-state index contributed by atoms with van der Waals surface area (Å²) in [4.78, 5) is 10.9. The fraction of sp³-hybridized carbons (Fsp3) is 0.250. The maximum atomic E-state index is 10.9.